The number of ketones is 1. The van der Waals surface area contributed by atoms with Crippen molar-refractivity contribution in [2.24, 2.45) is 5.92 Å². The lowest BCUT2D eigenvalue weighted by atomic mass is 9.93. The van der Waals surface area contributed by atoms with Crippen molar-refractivity contribution >= 4 is 21.7 Å². The highest BCUT2D eigenvalue weighted by Gasteiger charge is 2.12. The molecule has 0 spiro atoms. The van der Waals surface area contributed by atoms with Crippen molar-refractivity contribution < 1.29 is 4.79 Å². The number of carbonyl (C=O) groups is 1. The predicted molar refractivity (Wildman–Crippen MR) is 71.9 cm³/mol. The lowest BCUT2D eigenvalue weighted by molar-refractivity contribution is 0.0958. The number of hydrogen-bond donors (Lipinski definition) is 0. The fourth-order valence-corrected chi connectivity index (χ4v) is 2.46. The Kier molecular flexibility index (Phi) is 5.20. The second-order valence-electron chi connectivity index (χ2n) is 4.33. The zero-order chi connectivity index (χ0) is 12.1. The Labute approximate surface area is 106 Å². The fraction of sp³-hybridized carbons (Fsp3) is 0.500. The van der Waals surface area contributed by atoms with E-state index in [-0.39, 0.29) is 5.78 Å². The minimum Gasteiger partial charge on any atom is -0.294 e. The molecule has 2 heteroatoms. The van der Waals surface area contributed by atoms with E-state index in [2.05, 4.69) is 29.8 Å². The Morgan fingerprint density at radius 2 is 1.88 bits per heavy atom. The first kappa shape index (κ1) is 13.4. The van der Waals surface area contributed by atoms with Crippen LogP contribution in [0, 0.1) is 12.8 Å². The topological polar surface area (TPSA) is 17.1 Å². The molecule has 0 aliphatic heterocycles. The molecule has 0 saturated carbocycles. The fourth-order valence-electron chi connectivity index (χ4n) is 1.85. The highest BCUT2D eigenvalue weighted by Crippen LogP contribution is 2.20. The summed E-state index contributed by atoms with van der Waals surface area (Å²) in [4.78, 5) is 12.1. The molecule has 0 unspecified atom stereocenters. The molecular weight excluding hydrogens is 264 g/mol. The van der Waals surface area contributed by atoms with Crippen LogP contribution < -0.4 is 0 Å². The number of benzene rings is 1. The number of rotatable bonds is 5. The van der Waals surface area contributed by atoms with Crippen molar-refractivity contribution in [1.29, 1.82) is 0 Å². The zero-order valence-corrected chi connectivity index (χ0v) is 11.8. The van der Waals surface area contributed by atoms with Gasteiger partial charge in [0.2, 0.25) is 0 Å². The molecule has 0 aromatic heterocycles. The quantitative estimate of drug-likeness (QED) is 0.711. The van der Waals surface area contributed by atoms with Crippen LogP contribution >= 0.6 is 15.9 Å². The predicted octanol–water partition coefficient (Wildman–Crippen LogP) is 4.77. The van der Waals surface area contributed by atoms with Crippen molar-refractivity contribution in [3.8, 4) is 0 Å². The molecule has 1 nitrogen and oxygen atoms in total. The number of hydrogen-bond acceptors (Lipinski definition) is 1. The molecule has 0 aliphatic carbocycles. The second kappa shape index (κ2) is 6.19. The summed E-state index contributed by atoms with van der Waals surface area (Å²) in [5.41, 5.74) is 1.96. The van der Waals surface area contributed by atoms with Crippen LogP contribution in [0.1, 0.15) is 49.0 Å². The number of Topliss-reactive ketones (excluding diaryl/α,β-unsaturated/α-hetero) is 1. The molecule has 1 aromatic rings. The van der Waals surface area contributed by atoms with Gasteiger partial charge in [-0.1, -0.05) is 42.6 Å². The lowest BCUT2D eigenvalue weighted by Gasteiger charge is -2.11. The van der Waals surface area contributed by atoms with Crippen molar-refractivity contribution in [3.63, 3.8) is 0 Å². The summed E-state index contributed by atoms with van der Waals surface area (Å²) in [6, 6.07) is 5.90. The van der Waals surface area contributed by atoms with Gasteiger partial charge in [-0.15, -0.1) is 0 Å². The summed E-state index contributed by atoms with van der Waals surface area (Å²) in [5, 5.41) is 0. The Morgan fingerprint density at radius 1 is 1.25 bits per heavy atom. The maximum Gasteiger partial charge on any atom is 0.163 e. The van der Waals surface area contributed by atoms with Gasteiger partial charge >= 0.3 is 0 Å². The highest BCUT2D eigenvalue weighted by molar-refractivity contribution is 9.10. The van der Waals surface area contributed by atoms with E-state index in [1.807, 2.05) is 25.1 Å². The number of aryl methyl sites for hydroxylation is 1. The largest absolute Gasteiger partial charge is 0.294 e. The summed E-state index contributed by atoms with van der Waals surface area (Å²) in [7, 11) is 0. The molecule has 88 valence electrons. The standard InChI is InChI=1S/C14H19BrO/c1-4-11(5-2)8-14(16)12-6-10(3)7-13(15)9-12/h6-7,9,11H,4-5,8H2,1-3H3. The van der Waals surface area contributed by atoms with Crippen LogP contribution in [-0.2, 0) is 0 Å². The number of halogens is 1. The normalized spacial score (nSPS) is 10.8. The average molecular weight is 283 g/mol. The third kappa shape index (κ3) is 3.75. The van der Waals surface area contributed by atoms with Gasteiger partial charge in [0.1, 0.15) is 0 Å². The van der Waals surface area contributed by atoms with Crippen molar-refractivity contribution in [2.45, 2.75) is 40.0 Å². The molecule has 0 atom stereocenters. The summed E-state index contributed by atoms with van der Waals surface area (Å²) < 4.78 is 0.986. The molecule has 0 heterocycles. The monoisotopic (exact) mass is 282 g/mol. The first-order valence-corrected chi connectivity index (χ1v) is 6.66. The van der Waals surface area contributed by atoms with Gasteiger partial charge in [-0.05, 0) is 36.6 Å². The molecule has 0 saturated heterocycles. The van der Waals surface area contributed by atoms with Crippen LogP contribution in [0.3, 0.4) is 0 Å². The van der Waals surface area contributed by atoms with Gasteiger partial charge in [0.15, 0.2) is 5.78 Å². The van der Waals surface area contributed by atoms with Crippen LogP contribution in [0.4, 0.5) is 0 Å². The summed E-state index contributed by atoms with van der Waals surface area (Å²) in [6.07, 6.45) is 2.83. The van der Waals surface area contributed by atoms with Crippen LogP contribution in [0.15, 0.2) is 22.7 Å². The molecule has 0 bridgehead atoms. The van der Waals surface area contributed by atoms with Gasteiger partial charge in [-0.25, -0.2) is 0 Å². The molecule has 0 N–H and O–H groups in total. The molecule has 1 rings (SSSR count). The van der Waals surface area contributed by atoms with Crippen LogP contribution in [0.2, 0.25) is 0 Å². The van der Waals surface area contributed by atoms with E-state index in [0.29, 0.717) is 12.3 Å². The molecule has 0 amide bonds. The summed E-state index contributed by atoms with van der Waals surface area (Å²) in [5.74, 6) is 0.782. The number of carbonyl (C=O) groups excluding carboxylic acids is 1. The average Bonchev–Trinajstić information content (AvgIpc) is 2.24. The van der Waals surface area contributed by atoms with Gasteiger partial charge in [0, 0.05) is 16.5 Å². The third-order valence-electron chi connectivity index (χ3n) is 2.99. The minimum absolute atomic E-state index is 0.262. The molecule has 1 aromatic carbocycles. The van der Waals surface area contributed by atoms with E-state index >= 15 is 0 Å². The molecule has 16 heavy (non-hydrogen) atoms. The van der Waals surface area contributed by atoms with Crippen LogP contribution in [0.25, 0.3) is 0 Å². The first-order chi connectivity index (χ1) is 7.56. The van der Waals surface area contributed by atoms with Gasteiger partial charge in [0.25, 0.3) is 0 Å². The second-order valence-corrected chi connectivity index (χ2v) is 5.24. The van der Waals surface area contributed by atoms with E-state index in [1.165, 1.54) is 0 Å². The van der Waals surface area contributed by atoms with Crippen LogP contribution in [0.5, 0.6) is 0 Å². The van der Waals surface area contributed by atoms with Crippen LogP contribution in [-0.4, -0.2) is 5.78 Å². The van der Waals surface area contributed by atoms with Gasteiger partial charge in [0.05, 0.1) is 0 Å². The minimum atomic E-state index is 0.262. The van der Waals surface area contributed by atoms with E-state index in [9.17, 15) is 4.79 Å². The molecule has 0 radical (unpaired) electrons. The van der Waals surface area contributed by atoms with Gasteiger partial charge in [-0.2, -0.15) is 0 Å². The maximum absolute atomic E-state index is 12.1. The SMILES string of the molecule is CCC(CC)CC(=O)c1cc(C)cc(Br)c1. The molecule has 0 fully saturated rings. The lowest BCUT2D eigenvalue weighted by Crippen LogP contribution is -2.07. The smallest absolute Gasteiger partial charge is 0.163 e. The van der Waals surface area contributed by atoms with Crippen molar-refractivity contribution in [3.05, 3.63) is 33.8 Å². The molecule has 0 aliphatic rings. The molecular formula is C14H19BrO. The van der Waals surface area contributed by atoms with E-state index in [4.69, 9.17) is 0 Å². The Morgan fingerprint density at radius 3 is 2.38 bits per heavy atom. The van der Waals surface area contributed by atoms with E-state index in [0.717, 1.165) is 28.4 Å². The Bertz CT molecular complexity index is 347. The Hall–Kier alpha value is -0.630. The maximum atomic E-state index is 12.1. The van der Waals surface area contributed by atoms with Crippen molar-refractivity contribution in [1.82, 2.24) is 0 Å². The first-order valence-electron chi connectivity index (χ1n) is 5.87. The zero-order valence-electron chi connectivity index (χ0n) is 10.2. The highest BCUT2D eigenvalue weighted by atomic mass is 79.9. The summed E-state index contributed by atoms with van der Waals surface area (Å²) in [6.45, 7) is 6.31. The van der Waals surface area contributed by atoms with E-state index in [1.54, 1.807) is 0 Å². The van der Waals surface area contributed by atoms with Crippen molar-refractivity contribution in [2.75, 3.05) is 0 Å². The van der Waals surface area contributed by atoms with Gasteiger partial charge in [-0.3, -0.25) is 4.79 Å². The third-order valence-corrected chi connectivity index (χ3v) is 3.45. The van der Waals surface area contributed by atoms with E-state index < -0.39 is 0 Å². The Balaban J connectivity index is 2.80. The summed E-state index contributed by atoms with van der Waals surface area (Å²) >= 11 is 3.43. The van der Waals surface area contributed by atoms with Gasteiger partial charge < -0.3 is 0 Å².